The van der Waals surface area contributed by atoms with Crippen molar-refractivity contribution in [3.05, 3.63) is 137 Å². The molecule has 3 aromatic carbocycles. The Balaban J connectivity index is 1.12. The third kappa shape index (κ3) is 3.44. The van der Waals surface area contributed by atoms with Gasteiger partial charge in [-0.05, 0) is 86.0 Å². The Morgan fingerprint density at radius 3 is 1.71 bits per heavy atom. The first-order valence-corrected chi connectivity index (χ1v) is 15.9. The Morgan fingerprint density at radius 1 is 0.378 bits per heavy atom. The lowest BCUT2D eigenvalue weighted by atomic mass is 9.80. The molecule has 0 aliphatic heterocycles. The first-order valence-electron chi connectivity index (χ1n) is 15.9. The highest BCUT2D eigenvalue weighted by Gasteiger charge is 2.40. The number of rotatable bonds is 2. The molecule has 0 atom stereocenters. The van der Waals surface area contributed by atoms with Crippen LogP contribution in [0.5, 0.6) is 0 Å². The number of aromatic nitrogens is 3. The van der Waals surface area contributed by atoms with Gasteiger partial charge in [-0.25, -0.2) is 0 Å². The molecular formula is C42H35N3. The van der Waals surface area contributed by atoms with Gasteiger partial charge >= 0.3 is 0 Å². The molecule has 0 spiro atoms. The molecule has 0 saturated heterocycles. The van der Waals surface area contributed by atoms with Crippen LogP contribution >= 0.6 is 0 Å². The highest BCUT2D eigenvalue weighted by molar-refractivity contribution is 5.87. The number of nitrogens with zero attached hydrogens (tertiary/aromatic N) is 3. The summed E-state index contributed by atoms with van der Waals surface area (Å²) in [6.07, 6.45) is 5.94. The minimum absolute atomic E-state index is 0.0288. The number of benzene rings is 3. The van der Waals surface area contributed by atoms with Crippen molar-refractivity contribution >= 4 is 0 Å². The zero-order chi connectivity index (χ0) is 30.9. The second-order valence-corrected chi connectivity index (χ2v) is 14.6. The average Bonchev–Trinajstić information content (AvgIpc) is 3.53. The summed E-state index contributed by atoms with van der Waals surface area (Å²) < 4.78 is 0. The van der Waals surface area contributed by atoms with E-state index in [1.165, 1.54) is 66.8 Å². The summed E-state index contributed by atoms with van der Waals surface area (Å²) >= 11 is 0. The maximum atomic E-state index is 5.16. The molecule has 0 bridgehead atoms. The number of fused-ring (bicyclic) bond motifs is 9. The van der Waals surface area contributed by atoms with E-state index in [1.807, 2.05) is 18.5 Å². The van der Waals surface area contributed by atoms with Crippen LogP contribution in [0.15, 0.2) is 104 Å². The quantitative estimate of drug-likeness (QED) is 0.204. The Labute approximate surface area is 265 Å². The van der Waals surface area contributed by atoms with Crippen molar-refractivity contribution < 1.29 is 0 Å². The standard InChI is InChI=1S/C42H35N3/c1-40(2)31-11-8-7-10-28(31)29-15-13-25(19-34(29)40)27-20-35-37(44-22-27)30-18-24(14-16-32(30)41(35,3)4)26-21-36-39(45-23-26)38-33(42(36,5)6)12-9-17-43-38/h7-23H,1-6H3. The Morgan fingerprint density at radius 2 is 0.911 bits per heavy atom. The molecule has 3 heteroatoms. The van der Waals surface area contributed by atoms with Crippen molar-refractivity contribution in [3.63, 3.8) is 0 Å². The van der Waals surface area contributed by atoms with Gasteiger partial charge in [-0.2, -0.15) is 0 Å². The molecule has 0 N–H and O–H groups in total. The number of hydrogen-bond acceptors (Lipinski definition) is 3. The van der Waals surface area contributed by atoms with Gasteiger partial charge in [-0.1, -0.05) is 96.1 Å². The van der Waals surface area contributed by atoms with E-state index in [0.717, 1.165) is 22.6 Å². The molecule has 0 fully saturated rings. The molecule has 0 radical (unpaired) electrons. The van der Waals surface area contributed by atoms with E-state index in [2.05, 4.69) is 132 Å². The fraction of sp³-hybridized carbons (Fsp3) is 0.214. The summed E-state index contributed by atoms with van der Waals surface area (Å²) in [4.78, 5) is 14.8. The molecular weight excluding hydrogens is 546 g/mol. The first-order chi connectivity index (χ1) is 21.6. The van der Waals surface area contributed by atoms with E-state index in [-0.39, 0.29) is 16.2 Å². The smallest absolute Gasteiger partial charge is 0.0930 e. The summed E-state index contributed by atoms with van der Waals surface area (Å²) in [6, 6.07) is 31.6. The van der Waals surface area contributed by atoms with E-state index in [4.69, 9.17) is 9.97 Å². The summed E-state index contributed by atoms with van der Waals surface area (Å²) in [5, 5.41) is 0. The van der Waals surface area contributed by atoms with Crippen LogP contribution in [0, 0.1) is 0 Å². The van der Waals surface area contributed by atoms with E-state index in [0.29, 0.717) is 0 Å². The van der Waals surface area contributed by atoms with Gasteiger partial charge in [0.25, 0.3) is 0 Å². The van der Waals surface area contributed by atoms with E-state index in [9.17, 15) is 0 Å². The van der Waals surface area contributed by atoms with Crippen molar-refractivity contribution in [1.82, 2.24) is 15.0 Å². The largest absolute Gasteiger partial charge is 0.255 e. The summed E-state index contributed by atoms with van der Waals surface area (Å²) in [6.45, 7) is 13.9. The van der Waals surface area contributed by atoms with Crippen LogP contribution in [0.3, 0.4) is 0 Å². The molecule has 3 heterocycles. The zero-order valence-electron chi connectivity index (χ0n) is 26.7. The molecule has 3 aliphatic carbocycles. The van der Waals surface area contributed by atoms with E-state index < -0.39 is 0 Å². The van der Waals surface area contributed by atoms with E-state index in [1.54, 1.807) is 0 Å². The molecule has 0 unspecified atom stereocenters. The van der Waals surface area contributed by atoms with Gasteiger partial charge in [0.1, 0.15) is 0 Å². The molecule has 3 nitrogen and oxygen atoms in total. The van der Waals surface area contributed by atoms with Crippen molar-refractivity contribution in [3.8, 4) is 56.0 Å². The minimum Gasteiger partial charge on any atom is -0.255 e. The molecule has 0 amide bonds. The van der Waals surface area contributed by atoms with Gasteiger partial charge in [-0.15, -0.1) is 0 Å². The van der Waals surface area contributed by atoms with Crippen LogP contribution in [0.2, 0.25) is 0 Å². The lowest BCUT2D eigenvalue weighted by Crippen LogP contribution is -2.15. The van der Waals surface area contributed by atoms with Crippen molar-refractivity contribution in [2.75, 3.05) is 0 Å². The fourth-order valence-corrected chi connectivity index (χ4v) is 8.34. The molecule has 9 rings (SSSR count). The first kappa shape index (κ1) is 26.5. The van der Waals surface area contributed by atoms with Crippen molar-refractivity contribution in [2.45, 2.75) is 57.8 Å². The Bertz CT molecular complexity index is 2250. The molecule has 6 aromatic rings. The SMILES string of the molecule is CC1(C)c2ccccc2-c2ccc(-c3cnc4c(c3)C(C)(C)c3ccc(-c5cnc6c(c5)C(C)(C)c5cccnc5-6)cc3-4)cc21. The van der Waals surface area contributed by atoms with Gasteiger partial charge in [0.15, 0.2) is 0 Å². The monoisotopic (exact) mass is 581 g/mol. The second-order valence-electron chi connectivity index (χ2n) is 14.6. The highest BCUT2D eigenvalue weighted by atomic mass is 14.8. The van der Waals surface area contributed by atoms with Gasteiger partial charge in [0, 0.05) is 51.5 Å². The maximum Gasteiger partial charge on any atom is 0.0930 e. The number of pyridine rings is 3. The lowest BCUT2D eigenvalue weighted by Gasteiger charge is -2.23. The maximum absolute atomic E-state index is 5.16. The van der Waals surface area contributed by atoms with Crippen molar-refractivity contribution in [2.24, 2.45) is 0 Å². The number of hydrogen-bond donors (Lipinski definition) is 0. The van der Waals surface area contributed by atoms with Crippen LogP contribution in [-0.4, -0.2) is 15.0 Å². The van der Waals surface area contributed by atoms with Crippen LogP contribution in [0.25, 0.3) is 56.0 Å². The lowest BCUT2D eigenvalue weighted by molar-refractivity contribution is 0.658. The van der Waals surface area contributed by atoms with E-state index >= 15 is 0 Å². The average molecular weight is 582 g/mol. The van der Waals surface area contributed by atoms with Crippen LogP contribution in [0.4, 0.5) is 0 Å². The summed E-state index contributed by atoms with van der Waals surface area (Å²) in [7, 11) is 0. The Hall–Kier alpha value is -4.89. The van der Waals surface area contributed by atoms with Gasteiger partial charge in [-0.3, -0.25) is 15.0 Å². The van der Waals surface area contributed by atoms with Gasteiger partial charge in [0.05, 0.1) is 17.1 Å². The third-order valence-corrected chi connectivity index (χ3v) is 11.0. The van der Waals surface area contributed by atoms with Crippen molar-refractivity contribution in [1.29, 1.82) is 0 Å². The second kappa shape index (κ2) is 8.63. The molecule has 0 saturated carbocycles. The van der Waals surface area contributed by atoms with Crippen LogP contribution in [-0.2, 0) is 16.2 Å². The third-order valence-electron chi connectivity index (χ3n) is 11.0. The summed E-state index contributed by atoms with van der Waals surface area (Å²) in [5.74, 6) is 0. The predicted octanol–water partition coefficient (Wildman–Crippen LogP) is 10.1. The molecule has 3 aromatic heterocycles. The Kier molecular flexibility index (Phi) is 5.09. The molecule has 3 aliphatic rings. The zero-order valence-corrected chi connectivity index (χ0v) is 26.7. The topological polar surface area (TPSA) is 38.7 Å². The molecule has 45 heavy (non-hydrogen) atoms. The molecule has 218 valence electrons. The minimum atomic E-state index is -0.149. The highest BCUT2D eigenvalue weighted by Crippen LogP contribution is 2.52. The normalized spacial score (nSPS) is 16.8. The van der Waals surface area contributed by atoms with Gasteiger partial charge < -0.3 is 0 Å². The fourth-order valence-electron chi connectivity index (χ4n) is 8.34. The van der Waals surface area contributed by atoms with Crippen LogP contribution in [0.1, 0.15) is 74.9 Å². The predicted molar refractivity (Wildman–Crippen MR) is 183 cm³/mol. The van der Waals surface area contributed by atoms with Crippen LogP contribution < -0.4 is 0 Å². The van der Waals surface area contributed by atoms with Gasteiger partial charge in [0.2, 0.25) is 0 Å². The summed E-state index contributed by atoms with van der Waals surface area (Å²) in [5.41, 5.74) is 19.2.